The third-order valence-corrected chi connectivity index (χ3v) is 4.26. The van der Waals surface area contributed by atoms with E-state index in [1.807, 2.05) is 0 Å². The Kier molecular flexibility index (Phi) is 5.30. The molecule has 0 saturated heterocycles. The standard InChI is InChI=1S/C9H8F6O6S2/c10-8(11,12)22(16,17)20-5-6-3-1-2-4-7(6)21-23(18,19)9(13,14)15/h4-5H,1-3H2/b6-5-. The summed E-state index contributed by atoms with van der Waals surface area (Å²) in [5, 5.41) is 0. The molecule has 0 aliphatic heterocycles. The largest absolute Gasteiger partial charge is 0.534 e. The number of allylic oxidation sites excluding steroid dienone is 2. The average Bonchev–Trinajstić information content (AvgIpc) is 2.34. The molecule has 0 N–H and O–H groups in total. The van der Waals surface area contributed by atoms with Crippen molar-refractivity contribution in [3.05, 3.63) is 23.7 Å². The van der Waals surface area contributed by atoms with Gasteiger partial charge in [-0.25, -0.2) is 0 Å². The number of halogens is 6. The van der Waals surface area contributed by atoms with Gasteiger partial charge >= 0.3 is 31.3 Å². The van der Waals surface area contributed by atoms with Gasteiger partial charge in [0.1, 0.15) is 12.0 Å². The molecule has 0 radical (unpaired) electrons. The van der Waals surface area contributed by atoms with E-state index >= 15 is 0 Å². The fourth-order valence-corrected chi connectivity index (χ4v) is 2.18. The lowest BCUT2D eigenvalue weighted by Crippen LogP contribution is -2.26. The minimum absolute atomic E-state index is 0.000287. The smallest absolute Gasteiger partial charge is 0.384 e. The van der Waals surface area contributed by atoms with Crippen LogP contribution in [0.15, 0.2) is 23.7 Å². The number of hydrogen-bond donors (Lipinski definition) is 0. The average molecular weight is 390 g/mol. The Balaban J connectivity index is 3.06. The van der Waals surface area contributed by atoms with Crippen LogP contribution in [0.4, 0.5) is 26.3 Å². The highest BCUT2D eigenvalue weighted by Gasteiger charge is 2.50. The first kappa shape index (κ1) is 19.6. The van der Waals surface area contributed by atoms with Crippen molar-refractivity contribution in [3.63, 3.8) is 0 Å². The maximum absolute atomic E-state index is 12.2. The van der Waals surface area contributed by atoms with Gasteiger partial charge in [-0.2, -0.15) is 43.2 Å². The lowest BCUT2D eigenvalue weighted by molar-refractivity contribution is -0.0521. The summed E-state index contributed by atoms with van der Waals surface area (Å²) in [6.07, 6.45) is 0.904. The zero-order valence-electron chi connectivity index (χ0n) is 10.8. The molecule has 0 amide bonds. The Morgan fingerprint density at radius 2 is 1.48 bits per heavy atom. The van der Waals surface area contributed by atoms with Gasteiger partial charge in [0.25, 0.3) is 0 Å². The van der Waals surface area contributed by atoms with Crippen molar-refractivity contribution in [2.75, 3.05) is 0 Å². The quantitative estimate of drug-likeness (QED) is 0.318. The second kappa shape index (κ2) is 6.22. The van der Waals surface area contributed by atoms with Crippen LogP contribution in [-0.4, -0.2) is 27.9 Å². The molecule has 0 heterocycles. The number of rotatable bonds is 4. The van der Waals surface area contributed by atoms with Crippen LogP contribution in [0.2, 0.25) is 0 Å². The van der Waals surface area contributed by atoms with Crippen LogP contribution in [0, 0.1) is 0 Å². The molecular formula is C9H8F6O6S2. The van der Waals surface area contributed by atoms with E-state index in [0.29, 0.717) is 0 Å². The topological polar surface area (TPSA) is 86.7 Å². The highest BCUT2D eigenvalue weighted by molar-refractivity contribution is 7.88. The Morgan fingerprint density at radius 3 is 1.96 bits per heavy atom. The fraction of sp³-hybridized carbons (Fsp3) is 0.556. The first-order chi connectivity index (χ1) is 10.2. The van der Waals surface area contributed by atoms with E-state index in [4.69, 9.17) is 0 Å². The zero-order chi connectivity index (χ0) is 18.1. The van der Waals surface area contributed by atoms with Crippen molar-refractivity contribution in [1.82, 2.24) is 0 Å². The van der Waals surface area contributed by atoms with Gasteiger partial charge in [0.05, 0.1) is 0 Å². The first-order valence-corrected chi connectivity index (χ1v) is 8.39. The molecule has 0 aromatic carbocycles. The minimum Gasteiger partial charge on any atom is -0.384 e. The van der Waals surface area contributed by atoms with Crippen molar-refractivity contribution in [3.8, 4) is 0 Å². The molecule has 134 valence electrons. The van der Waals surface area contributed by atoms with Crippen molar-refractivity contribution in [2.24, 2.45) is 0 Å². The SMILES string of the molecule is O=S(=O)(O/C=C1/CCCC=C1OS(=O)(=O)C(F)(F)F)C(F)(F)F. The predicted octanol–water partition coefficient (Wildman–Crippen LogP) is 2.67. The minimum atomic E-state index is -6.05. The van der Waals surface area contributed by atoms with Crippen LogP contribution in [0.3, 0.4) is 0 Å². The van der Waals surface area contributed by atoms with Gasteiger partial charge in [-0.05, 0) is 25.3 Å². The summed E-state index contributed by atoms with van der Waals surface area (Å²) in [6.45, 7) is 0. The summed E-state index contributed by atoms with van der Waals surface area (Å²) in [7, 11) is -12.1. The fourth-order valence-electron chi connectivity index (χ4n) is 1.33. The third-order valence-electron chi connectivity index (χ3n) is 2.38. The van der Waals surface area contributed by atoms with Gasteiger partial charge < -0.3 is 8.37 Å². The molecule has 14 heteroatoms. The molecule has 0 spiro atoms. The molecular weight excluding hydrogens is 382 g/mol. The number of alkyl halides is 6. The van der Waals surface area contributed by atoms with Crippen molar-refractivity contribution >= 4 is 20.2 Å². The predicted molar refractivity (Wildman–Crippen MR) is 62.1 cm³/mol. The lowest BCUT2D eigenvalue weighted by Gasteiger charge is -2.18. The third kappa shape index (κ3) is 4.76. The summed E-state index contributed by atoms with van der Waals surface area (Å²) in [6, 6.07) is 0. The second-order valence-corrected chi connectivity index (χ2v) is 7.18. The van der Waals surface area contributed by atoms with Crippen molar-refractivity contribution < 1.29 is 51.5 Å². The monoisotopic (exact) mass is 390 g/mol. The van der Waals surface area contributed by atoms with E-state index < -0.39 is 42.6 Å². The first-order valence-electron chi connectivity index (χ1n) is 5.57. The number of hydrogen-bond acceptors (Lipinski definition) is 6. The molecule has 0 unspecified atom stereocenters. The Bertz CT molecular complexity index is 713. The van der Waals surface area contributed by atoms with Gasteiger partial charge in [0.2, 0.25) is 0 Å². The van der Waals surface area contributed by atoms with Crippen LogP contribution in [0.5, 0.6) is 0 Å². The maximum Gasteiger partial charge on any atom is 0.534 e. The summed E-state index contributed by atoms with van der Waals surface area (Å²) in [5.74, 6) is -0.939. The molecule has 0 saturated carbocycles. The molecule has 1 aliphatic carbocycles. The Labute approximate surface area is 126 Å². The summed E-state index contributed by atoms with van der Waals surface area (Å²) in [4.78, 5) is 0. The Hall–Kier alpha value is -1.44. The molecule has 0 atom stereocenters. The molecule has 1 aliphatic rings. The molecule has 0 bridgehead atoms. The second-order valence-electron chi connectivity index (χ2n) is 4.08. The van der Waals surface area contributed by atoms with E-state index in [1.54, 1.807) is 0 Å². The van der Waals surface area contributed by atoms with E-state index in [0.717, 1.165) is 6.08 Å². The van der Waals surface area contributed by atoms with Crippen molar-refractivity contribution in [2.45, 2.75) is 30.3 Å². The van der Waals surface area contributed by atoms with Crippen molar-refractivity contribution in [1.29, 1.82) is 0 Å². The van der Waals surface area contributed by atoms with Crippen LogP contribution in [0.1, 0.15) is 19.3 Å². The summed E-state index contributed by atoms with van der Waals surface area (Å²) in [5.41, 5.74) is -12.1. The highest BCUT2D eigenvalue weighted by Crippen LogP contribution is 2.33. The molecule has 0 aromatic heterocycles. The van der Waals surface area contributed by atoms with Gasteiger partial charge in [-0.1, -0.05) is 0 Å². The van der Waals surface area contributed by atoms with Crippen LogP contribution >= 0.6 is 0 Å². The molecule has 23 heavy (non-hydrogen) atoms. The summed E-state index contributed by atoms with van der Waals surface area (Å²) >= 11 is 0. The lowest BCUT2D eigenvalue weighted by atomic mass is 10.0. The van der Waals surface area contributed by atoms with E-state index in [9.17, 15) is 43.2 Å². The molecule has 0 aromatic rings. The maximum atomic E-state index is 12.2. The van der Waals surface area contributed by atoms with Gasteiger partial charge in [-0.15, -0.1) is 0 Å². The highest BCUT2D eigenvalue weighted by atomic mass is 32.2. The van der Waals surface area contributed by atoms with E-state index in [-0.39, 0.29) is 25.5 Å². The molecule has 1 rings (SSSR count). The van der Waals surface area contributed by atoms with E-state index in [2.05, 4.69) is 8.37 Å². The normalized spacial score (nSPS) is 19.4. The van der Waals surface area contributed by atoms with Crippen LogP contribution in [0.25, 0.3) is 0 Å². The molecule has 0 fully saturated rings. The van der Waals surface area contributed by atoms with Gasteiger partial charge in [0.15, 0.2) is 0 Å². The Morgan fingerprint density at radius 1 is 0.957 bits per heavy atom. The van der Waals surface area contributed by atoms with Gasteiger partial charge in [-0.3, -0.25) is 0 Å². The summed E-state index contributed by atoms with van der Waals surface area (Å²) < 4.78 is 123. The van der Waals surface area contributed by atoms with E-state index in [1.165, 1.54) is 0 Å². The zero-order valence-corrected chi connectivity index (χ0v) is 12.4. The molecule has 6 nitrogen and oxygen atoms in total. The van der Waals surface area contributed by atoms with Crippen LogP contribution < -0.4 is 0 Å². The van der Waals surface area contributed by atoms with Crippen LogP contribution in [-0.2, 0) is 28.6 Å². The van der Waals surface area contributed by atoms with Gasteiger partial charge in [0, 0.05) is 5.57 Å².